The number of amides is 2. The lowest BCUT2D eigenvalue weighted by Crippen LogP contribution is -2.40. The Morgan fingerprint density at radius 3 is 2.25 bits per heavy atom. The van der Waals surface area contributed by atoms with Crippen molar-refractivity contribution in [2.75, 3.05) is 11.0 Å². The minimum Gasteiger partial charge on any atom is -0.465 e. The van der Waals surface area contributed by atoms with Crippen LogP contribution in [0.5, 0.6) is 0 Å². The van der Waals surface area contributed by atoms with Crippen LogP contribution in [0.3, 0.4) is 0 Å². The first-order chi connectivity index (χ1) is 7.28. The summed E-state index contributed by atoms with van der Waals surface area (Å²) in [5.41, 5.74) is -0.673. The summed E-state index contributed by atoms with van der Waals surface area (Å²) in [6.07, 6.45) is -0.516. The van der Waals surface area contributed by atoms with Crippen molar-refractivity contribution < 1.29 is 19.4 Å². The number of hydrogen-bond donors (Lipinski definition) is 1. The van der Waals surface area contributed by atoms with Crippen LogP contribution in [0.4, 0.5) is 9.59 Å². The Bertz CT molecular complexity index is 250. The maximum Gasteiger partial charge on any atom is 0.419 e. The van der Waals surface area contributed by atoms with Crippen molar-refractivity contribution in [2.45, 2.75) is 39.2 Å². The third kappa shape index (κ3) is 6.86. The average molecular weight is 343 g/mol. The summed E-state index contributed by atoms with van der Waals surface area (Å²) in [5, 5.41) is 8.86. The second-order valence-electron chi connectivity index (χ2n) is 4.31. The molecular formula is C10H18INO4. The van der Waals surface area contributed by atoms with Gasteiger partial charge < -0.3 is 9.84 Å². The molecule has 0 aromatic carbocycles. The molecule has 0 aromatic heterocycles. The third-order valence-corrected chi connectivity index (χ3v) is 2.37. The number of imide groups is 1. The lowest BCUT2D eigenvalue weighted by atomic mass is 10.2. The van der Waals surface area contributed by atoms with Gasteiger partial charge in [0.15, 0.2) is 0 Å². The number of nitrogens with zero attached hydrogens (tertiary/aromatic N) is 1. The Hall–Kier alpha value is -0.530. The molecular weight excluding hydrogens is 325 g/mol. The second-order valence-corrected chi connectivity index (χ2v) is 5.39. The van der Waals surface area contributed by atoms with Crippen LogP contribution < -0.4 is 0 Å². The molecule has 0 spiro atoms. The van der Waals surface area contributed by atoms with E-state index in [-0.39, 0.29) is 6.54 Å². The van der Waals surface area contributed by atoms with Crippen molar-refractivity contribution in [1.29, 1.82) is 0 Å². The van der Waals surface area contributed by atoms with Crippen LogP contribution in [0.25, 0.3) is 0 Å². The van der Waals surface area contributed by atoms with Crippen LogP contribution in [0, 0.1) is 0 Å². The van der Waals surface area contributed by atoms with Gasteiger partial charge in [0.2, 0.25) is 0 Å². The Balaban J connectivity index is 4.31. The summed E-state index contributed by atoms with van der Waals surface area (Å²) in [4.78, 5) is 23.1. The van der Waals surface area contributed by atoms with Crippen LogP contribution >= 0.6 is 22.6 Å². The molecule has 0 bridgehead atoms. The normalized spacial score (nSPS) is 11.0. The zero-order valence-corrected chi connectivity index (χ0v) is 12.0. The summed E-state index contributed by atoms with van der Waals surface area (Å²) in [6.45, 7) is 5.30. The number of rotatable bonds is 4. The smallest absolute Gasteiger partial charge is 0.419 e. The van der Waals surface area contributed by atoms with E-state index in [0.29, 0.717) is 6.42 Å². The number of carboxylic acid groups (broad SMARTS) is 1. The molecule has 2 amide bonds. The molecule has 6 heteroatoms. The molecule has 0 atom stereocenters. The summed E-state index contributed by atoms with van der Waals surface area (Å²) in [5.74, 6) is 0. The van der Waals surface area contributed by atoms with Gasteiger partial charge in [-0.25, -0.2) is 14.5 Å². The quantitative estimate of drug-likeness (QED) is 0.484. The first-order valence-corrected chi connectivity index (χ1v) is 6.60. The Morgan fingerprint density at radius 1 is 1.31 bits per heavy atom. The van der Waals surface area contributed by atoms with Crippen LogP contribution in [0.2, 0.25) is 0 Å². The largest absolute Gasteiger partial charge is 0.465 e. The lowest BCUT2D eigenvalue weighted by Gasteiger charge is -2.24. The Labute approximate surface area is 109 Å². The van der Waals surface area contributed by atoms with E-state index >= 15 is 0 Å². The van der Waals surface area contributed by atoms with Gasteiger partial charge in [0.05, 0.1) is 0 Å². The molecule has 0 radical (unpaired) electrons. The molecule has 0 saturated carbocycles. The Morgan fingerprint density at radius 2 is 1.88 bits per heavy atom. The van der Waals surface area contributed by atoms with Crippen molar-refractivity contribution in [3.63, 3.8) is 0 Å². The maximum absolute atomic E-state index is 11.5. The van der Waals surface area contributed by atoms with E-state index in [1.165, 1.54) is 0 Å². The number of alkyl halides is 1. The van der Waals surface area contributed by atoms with Crippen molar-refractivity contribution in [3.8, 4) is 0 Å². The zero-order valence-electron chi connectivity index (χ0n) is 9.83. The number of ether oxygens (including phenoxy) is 1. The van der Waals surface area contributed by atoms with Gasteiger partial charge in [0, 0.05) is 6.54 Å². The van der Waals surface area contributed by atoms with E-state index in [2.05, 4.69) is 22.6 Å². The molecule has 94 valence electrons. The fourth-order valence-corrected chi connectivity index (χ4v) is 1.49. The van der Waals surface area contributed by atoms with Crippen LogP contribution in [0.15, 0.2) is 0 Å². The standard InChI is InChI=1S/C10H18INO4/c1-10(2,3)16-9(15)12(8(13)14)7-5-4-6-11/h4-7H2,1-3H3,(H,13,14). The topological polar surface area (TPSA) is 66.8 Å². The van der Waals surface area contributed by atoms with Crippen molar-refractivity contribution in [2.24, 2.45) is 0 Å². The van der Waals surface area contributed by atoms with Crippen molar-refractivity contribution >= 4 is 34.8 Å². The highest BCUT2D eigenvalue weighted by Crippen LogP contribution is 2.11. The van der Waals surface area contributed by atoms with Crippen molar-refractivity contribution in [1.82, 2.24) is 4.90 Å². The van der Waals surface area contributed by atoms with Crippen molar-refractivity contribution in [3.05, 3.63) is 0 Å². The van der Waals surface area contributed by atoms with E-state index < -0.39 is 17.8 Å². The van der Waals surface area contributed by atoms with Gasteiger partial charge >= 0.3 is 12.2 Å². The molecule has 0 unspecified atom stereocenters. The van der Waals surface area contributed by atoms with E-state index in [1.54, 1.807) is 20.8 Å². The molecule has 0 saturated heterocycles. The predicted molar refractivity (Wildman–Crippen MR) is 69.1 cm³/mol. The predicted octanol–water partition coefficient (Wildman–Crippen LogP) is 3.12. The summed E-state index contributed by atoms with van der Waals surface area (Å²) in [7, 11) is 0. The van der Waals surface area contributed by atoms with Gasteiger partial charge in [-0.2, -0.15) is 0 Å². The van der Waals surface area contributed by atoms with E-state index in [9.17, 15) is 9.59 Å². The van der Waals surface area contributed by atoms with Crippen LogP contribution in [-0.4, -0.2) is 38.8 Å². The monoisotopic (exact) mass is 343 g/mol. The number of unbranched alkanes of at least 4 members (excludes halogenated alkanes) is 1. The molecule has 1 N–H and O–H groups in total. The lowest BCUT2D eigenvalue weighted by molar-refractivity contribution is 0.0268. The Kier molecular flexibility index (Phi) is 6.70. The minimum atomic E-state index is -1.26. The molecule has 0 aliphatic heterocycles. The maximum atomic E-state index is 11.5. The molecule has 5 nitrogen and oxygen atoms in total. The zero-order chi connectivity index (χ0) is 12.8. The highest BCUT2D eigenvalue weighted by molar-refractivity contribution is 14.1. The van der Waals surface area contributed by atoms with Gasteiger partial charge in [-0.15, -0.1) is 0 Å². The molecule has 16 heavy (non-hydrogen) atoms. The second kappa shape index (κ2) is 6.93. The van der Waals surface area contributed by atoms with Crippen LogP contribution in [-0.2, 0) is 4.74 Å². The summed E-state index contributed by atoms with van der Waals surface area (Å²) < 4.78 is 5.94. The number of halogens is 1. The molecule has 0 rings (SSSR count). The fourth-order valence-electron chi connectivity index (χ4n) is 0.946. The molecule has 0 aliphatic carbocycles. The van der Waals surface area contributed by atoms with E-state index in [0.717, 1.165) is 15.7 Å². The van der Waals surface area contributed by atoms with Gasteiger partial charge in [0.1, 0.15) is 5.60 Å². The average Bonchev–Trinajstić information content (AvgIpc) is 2.08. The first-order valence-electron chi connectivity index (χ1n) is 5.07. The van der Waals surface area contributed by atoms with E-state index in [4.69, 9.17) is 9.84 Å². The number of carbonyl (C=O) groups excluding carboxylic acids is 1. The highest BCUT2D eigenvalue weighted by Gasteiger charge is 2.26. The SMILES string of the molecule is CC(C)(C)OC(=O)N(CCCCI)C(=O)O. The fraction of sp³-hybridized carbons (Fsp3) is 0.800. The van der Waals surface area contributed by atoms with Gasteiger partial charge in [-0.05, 0) is 38.0 Å². The van der Waals surface area contributed by atoms with Gasteiger partial charge in [-0.1, -0.05) is 22.6 Å². The van der Waals surface area contributed by atoms with E-state index in [1.807, 2.05) is 0 Å². The summed E-state index contributed by atoms with van der Waals surface area (Å²) >= 11 is 2.21. The highest BCUT2D eigenvalue weighted by atomic mass is 127. The molecule has 0 aliphatic rings. The first kappa shape index (κ1) is 15.5. The van der Waals surface area contributed by atoms with Crippen LogP contribution in [0.1, 0.15) is 33.6 Å². The molecule has 0 heterocycles. The number of carbonyl (C=O) groups is 2. The minimum absolute atomic E-state index is 0.188. The van der Waals surface area contributed by atoms with Gasteiger partial charge in [0.25, 0.3) is 0 Å². The third-order valence-electron chi connectivity index (χ3n) is 1.61. The summed E-state index contributed by atoms with van der Waals surface area (Å²) in [6, 6.07) is 0. The number of hydrogen-bond acceptors (Lipinski definition) is 3. The molecule has 0 aromatic rings. The van der Waals surface area contributed by atoms with Gasteiger partial charge in [-0.3, -0.25) is 0 Å². The molecule has 0 fully saturated rings.